The van der Waals surface area contributed by atoms with Gasteiger partial charge in [0.05, 0.1) is 15.5 Å². The van der Waals surface area contributed by atoms with Crippen LogP contribution in [0.4, 0.5) is 0 Å². The van der Waals surface area contributed by atoms with Crippen molar-refractivity contribution in [2.75, 3.05) is 5.75 Å². The second kappa shape index (κ2) is 8.12. The number of rotatable bonds is 7. The molecule has 2 aromatic carbocycles. The van der Waals surface area contributed by atoms with E-state index in [1.165, 1.54) is 12.1 Å². The van der Waals surface area contributed by atoms with Crippen LogP contribution in [0.15, 0.2) is 52.3 Å². The summed E-state index contributed by atoms with van der Waals surface area (Å²) in [7, 11) is -7.46. The molecular weight excluding hydrogens is 382 g/mol. The van der Waals surface area contributed by atoms with Gasteiger partial charge in [-0.3, -0.25) is 0 Å². The molecule has 1 unspecified atom stereocenters. The maximum atomic E-state index is 13.0. The van der Waals surface area contributed by atoms with E-state index in [-0.39, 0.29) is 21.5 Å². The predicted molar refractivity (Wildman–Crippen MR) is 108 cm³/mol. The van der Waals surface area contributed by atoms with Crippen LogP contribution in [0, 0.1) is 26.7 Å². The Kier molecular flexibility index (Phi) is 6.50. The van der Waals surface area contributed by atoms with Crippen LogP contribution in [0.2, 0.25) is 0 Å². The van der Waals surface area contributed by atoms with Gasteiger partial charge in [0.25, 0.3) is 0 Å². The van der Waals surface area contributed by atoms with Crippen molar-refractivity contribution in [3.63, 3.8) is 0 Å². The summed E-state index contributed by atoms with van der Waals surface area (Å²) in [6.45, 7) is 9.03. The molecule has 5 nitrogen and oxygen atoms in total. The molecule has 0 aromatic heterocycles. The smallest absolute Gasteiger partial charge is 0.224 e. The van der Waals surface area contributed by atoms with E-state index in [4.69, 9.17) is 0 Å². The van der Waals surface area contributed by atoms with E-state index in [1.807, 2.05) is 32.9 Å². The van der Waals surface area contributed by atoms with Crippen molar-refractivity contribution in [3.05, 3.63) is 59.2 Å². The van der Waals surface area contributed by atoms with Gasteiger partial charge < -0.3 is 0 Å². The summed E-state index contributed by atoms with van der Waals surface area (Å²) in [6, 6.07) is 11.0. The van der Waals surface area contributed by atoms with E-state index in [1.54, 1.807) is 32.0 Å². The van der Waals surface area contributed by atoms with Gasteiger partial charge in [-0.05, 0) is 49.9 Å². The molecule has 148 valence electrons. The first-order chi connectivity index (χ1) is 12.4. The highest BCUT2D eigenvalue weighted by molar-refractivity contribution is 7.91. The first-order valence-corrected chi connectivity index (χ1v) is 12.0. The minimum absolute atomic E-state index is 0.190. The molecule has 27 heavy (non-hydrogen) atoms. The average molecular weight is 410 g/mol. The van der Waals surface area contributed by atoms with Crippen LogP contribution in [0.1, 0.15) is 30.5 Å². The fourth-order valence-corrected chi connectivity index (χ4v) is 6.82. The Bertz CT molecular complexity index is 988. The van der Waals surface area contributed by atoms with Crippen molar-refractivity contribution in [2.24, 2.45) is 5.92 Å². The number of hydrogen-bond acceptors (Lipinski definition) is 4. The summed E-state index contributed by atoms with van der Waals surface area (Å²) in [5.41, 5.74) is 2.28. The Hall–Kier alpha value is -1.70. The van der Waals surface area contributed by atoms with Gasteiger partial charge in [-0.2, -0.15) is 0 Å². The predicted octanol–water partition coefficient (Wildman–Crippen LogP) is 3.39. The van der Waals surface area contributed by atoms with Crippen molar-refractivity contribution in [3.8, 4) is 0 Å². The standard InChI is InChI=1S/C20H27NO4S2/c1-14(2)19(13-26(22,23)18-9-7-6-8-10-18)21-27(24,25)20-16(4)11-15(3)12-17(20)5/h6-12,14,19,21H,13H2,1-5H3. The quantitative estimate of drug-likeness (QED) is 0.760. The fraction of sp³-hybridized carbons (Fsp3) is 0.400. The molecule has 0 spiro atoms. The molecule has 1 atom stereocenters. The molecule has 0 radical (unpaired) electrons. The summed E-state index contributed by atoms with van der Waals surface area (Å²) < 4.78 is 54.1. The third kappa shape index (κ3) is 5.18. The average Bonchev–Trinajstić information content (AvgIpc) is 2.53. The van der Waals surface area contributed by atoms with Gasteiger partial charge in [-0.1, -0.05) is 49.7 Å². The lowest BCUT2D eigenvalue weighted by Crippen LogP contribution is -2.43. The molecule has 0 saturated heterocycles. The zero-order valence-electron chi connectivity index (χ0n) is 16.4. The molecule has 2 rings (SSSR count). The van der Waals surface area contributed by atoms with Crippen LogP contribution in [-0.4, -0.2) is 28.6 Å². The number of hydrogen-bond donors (Lipinski definition) is 1. The lowest BCUT2D eigenvalue weighted by atomic mass is 10.1. The van der Waals surface area contributed by atoms with Crippen molar-refractivity contribution < 1.29 is 16.8 Å². The summed E-state index contributed by atoms with van der Waals surface area (Å²) in [5.74, 6) is -0.484. The Labute approximate surface area is 162 Å². The molecule has 0 aliphatic heterocycles. The topological polar surface area (TPSA) is 80.3 Å². The number of benzene rings is 2. The summed E-state index contributed by atoms with van der Waals surface area (Å²) in [5, 5.41) is 0. The highest BCUT2D eigenvalue weighted by Gasteiger charge is 2.29. The van der Waals surface area contributed by atoms with E-state index in [0.29, 0.717) is 11.1 Å². The van der Waals surface area contributed by atoms with E-state index in [0.717, 1.165) is 5.56 Å². The maximum absolute atomic E-state index is 13.0. The summed E-state index contributed by atoms with van der Waals surface area (Å²) in [4.78, 5) is 0.411. The Morgan fingerprint density at radius 1 is 0.889 bits per heavy atom. The van der Waals surface area contributed by atoms with E-state index in [2.05, 4.69) is 4.72 Å². The van der Waals surface area contributed by atoms with E-state index >= 15 is 0 Å². The number of aryl methyl sites for hydroxylation is 3. The van der Waals surface area contributed by atoms with Crippen LogP contribution >= 0.6 is 0 Å². The van der Waals surface area contributed by atoms with Gasteiger partial charge in [0.15, 0.2) is 9.84 Å². The molecule has 0 saturated carbocycles. The van der Waals surface area contributed by atoms with Gasteiger partial charge in [0.1, 0.15) is 0 Å². The molecule has 0 fully saturated rings. The molecule has 0 bridgehead atoms. The van der Waals surface area contributed by atoms with Crippen LogP contribution in [0.25, 0.3) is 0 Å². The number of sulfonamides is 1. The molecule has 0 heterocycles. The molecule has 0 aliphatic rings. The number of sulfone groups is 1. The third-order valence-electron chi connectivity index (χ3n) is 4.49. The zero-order chi connectivity index (χ0) is 20.4. The van der Waals surface area contributed by atoms with Gasteiger partial charge in [-0.25, -0.2) is 21.6 Å². The van der Waals surface area contributed by atoms with Crippen molar-refractivity contribution in [2.45, 2.75) is 50.5 Å². The third-order valence-corrected chi connectivity index (χ3v) is 8.07. The molecule has 7 heteroatoms. The minimum atomic E-state index is -3.85. The number of nitrogens with one attached hydrogen (secondary N) is 1. The Balaban J connectivity index is 2.37. The fourth-order valence-electron chi connectivity index (χ4n) is 3.17. The first-order valence-electron chi connectivity index (χ1n) is 8.82. The second-order valence-corrected chi connectivity index (χ2v) is 11.0. The SMILES string of the molecule is Cc1cc(C)c(S(=O)(=O)NC(CS(=O)(=O)c2ccccc2)C(C)C)c(C)c1. The Morgan fingerprint density at radius 2 is 1.41 bits per heavy atom. The van der Waals surface area contributed by atoms with Crippen molar-refractivity contribution in [1.82, 2.24) is 4.72 Å². The van der Waals surface area contributed by atoms with Gasteiger partial charge in [0.2, 0.25) is 10.0 Å². The lowest BCUT2D eigenvalue weighted by Gasteiger charge is -2.23. The van der Waals surface area contributed by atoms with Crippen LogP contribution in [-0.2, 0) is 19.9 Å². The molecule has 2 aromatic rings. The van der Waals surface area contributed by atoms with Crippen molar-refractivity contribution >= 4 is 19.9 Å². The lowest BCUT2D eigenvalue weighted by molar-refractivity contribution is 0.472. The zero-order valence-corrected chi connectivity index (χ0v) is 18.0. The largest absolute Gasteiger partial charge is 0.241 e. The summed E-state index contributed by atoms with van der Waals surface area (Å²) in [6.07, 6.45) is 0. The molecule has 0 amide bonds. The minimum Gasteiger partial charge on any atom is -0.224 e. The van der Waals surface area contributed by atoms with E-state index < -0.39 is 25.9 Å². The van der Waals surface area contributed by atoms with Gasteiger partial charge in [-0.15, -0.1) is 0 Å². The van der Waals surface area contributed by atoms with Gasteiger partial charge >= 0.3 is 0 Å². The molecular formula is C20H27NO4S2. The second-order valence-electron chi connectivity index (χ2n) is 7.29. The van der Waals surface area contributed by atoms with Crippen LogP contribution in [0.5, 0.6) is 0 Å². The Morgan fingerprint density at radius 3 is 1.89 bits per heavy atom. The normalized spacial score (nSPS) is 13.7. The van der Waals surface area contributed by atoms with E-state index in [9.17, 15) is 16.8 Å². The monoisotopic (exact) mass is 409 g/mol. The van der Waals surface area contributed by atoms with Crippen molar-refractivity contribution in [1.29, 1.82) is 0 Å². The van der Waals surface area contributed by atoms with Crippen LogP contribution < -0.4 is 4.72 Å². The first kappa shape index (κ1) is 21.6. The highest BCUT2D eigenvalue weighted by atomic mass is 32.2. The summed E-state index contributed by atoms with van der Waals surface area (Å²) >= 11 is 0. The van der Waals surface area contributed by atoms with Crippen LogP contribution in [0.3, 0.4) is 0 Å². The van der Waals surface area contributed by atoms with Gasteiger partial charge in [0, 0.05) is 6.04 Å². The maximum Gasteiger partial charge on any atom is 0.241 e. The molecule has 1 N–H and O–H groups in total. The molecule has 0 aliphatic carbocycles. The highest BCUT2D eigenvalue weighted by Crippen LogP contribution is 2.23.